The molecular formula is C15H18BrN3. The second-order valence-corrected chi connectivity index (χ2v) is 6.79. The van der Waals surface area contributed by atoms with Crippen molar-refractivity contribution in [3.8, 4) is 0 Å². The zero-order valence-electron chi connectivity index (χ0n) is 10.8. The van der Waals surface area contributed by atoms with Crippen molar-refractivity contribution in [2.45, 2.75) is 6.54 Å². The average Bonchev–Trinajstić information content (AvgIpc) is 3.04. The van der Waals surface area contributed by atoms with E-state index in [4.69, 9.17) is 0 Å². The summed E-state index contributed by atoms with van der Waals surface area (Å²) >= 11 is 3.57. The maximum absolute atomic E-state index is 3.57. The van der Waals surface area contributed by atoms with Crippen LogP contribution in [0.5, 0.6) is 0 Å². The molecule has 2 fully saturated rings. The Balaban J connectivity index is 1.57. The van der Waals surface area contributed by atoms with Crippen LogP contribution in [0.4, 0.5) is 0 Å². The van der Waals surface area contributed by atoms with Crippen LogP contribution in [0.25, 0.3) is 10.9 Å². The van der Waals surface area contributed by atoms with E-state index in [0.29, 0.717) is 0 Å². The van der Waals surface area contributed by atoms with Crippen molar-refractivity contribution >= 4 is 26.8 Å². The number of benzene rings is 1. The van der Waals surface area contributed by atoms with E-state index in [2.05, 4.69) is 55.5 Å². The highest BCUT2D eigenvalue weighted by atomic mass is 79.9. The molecule has 3 nitrogen and oxygen atoms in total. The number of likely N-dealkylation sites (tertiary alicyclic amines) is 1. The van der Waals surface area contributed by atoms with Gasteiger partial charge in [-0.2, -0.15) is 0 Å². The first kappa shape index (κ1) is 11.9. The minimum atomic E-state index is 0.872. The van der Waals surface area contributed by atoms with Gasteiger partial charge in [-0.3, -0.25) is 4.90 Å². The number of H-pyrrole nitrogens is 1. The summed E-state index contributed by atoms with van der Waals surface area (Å²) in [6.45, 7) is 5.99. The van der Waals surface area contributed by atoms with E-state index in [0.717, 1.165) is 22.9 Å². The zero-order valence-corrected chi connectivity index (χ0v) is 12.4. The molecule has 0 radical (unpaired) electrons. The Kier molecular flexibility index (Phi) is 2.90. The van der Waals surface area contributed by atoms with Crippen molar-refractivity contribution in [1.29, 1.82) is 0 Å². The molecule has 2 saturated heterocycles. The SMILES string of the molecule is Brc1ccc2[nH]cc(CN3CC4CNCC4C3)c2c1. The fourth-order valence-electron chi connectivity index (χ4n) is 3.60. The van der Waals surface area contributed by atoms with Crippen LogP contribution in [-0.4, -0.2) is 36.1 Å². The number of rotatable bonds is 2. The summed E-state index contributed by atoms with van der Waals surface area (Å²) in [6, 6.07) is 6.46. The van der Waals surface area contributed by atoms with Crippen molar-refractivity contribution in [2.24, 2.45) is 11.8 Å². The molecule has 2 atom stereocenters. The van der Waals surface area contributed by atoms with Crippen LogP contribution in [0.15, 0.2) is 28.9 Å². The van der Waals surface area contributed by atoms with Gasteiger partial charge < -0.3 is 10.3 Å². The van der Waals surface area contributed by atoms with Gasteiger partial charge in [0.15, 0.2) is 0 Å². The molecule has 2 aromatic rings. The molecule has 100 valence electrons. The van der Waals surface area contributed by atoms with Crippen molar-refractivity contribution in [3.05, 3.63) is 34.4 Å². The molecule has 0 amide bonds. The van der Waals surface area contributed by atoms with Crippen LogP contribution in [-0.2, 0) is 6.54 Å². The summed E-state index contributed by atoms with van der Waals surface area (Å²) in [4.78, 5) is 5.99. The summed E-state index contributed by atoms with van der Waals surface area (Å²) < 4.78 is 1.16. The second-order valence-electron chi connectivity index (χ2n) is 5.88. The lowest BCUT2D eigenvalue weighted by molar-refractivity contribution is 0.307. The molecule has 0 bridgehead atoms. The third-order valence-corrected chi connectivity index (χ3v) is 5.08. The maximum atomic E-state index is 3.57. The van der Waals surface area contributed by atoms with E-state index < -0.39 is 0 Å². The molecule has 1 aromatic carbocycles. The van der Waals surface area contributed by atoms with Gasteiger partial charge in [-0.1, -0.05) is 15.9 Å². The third kappa shape index (κ3) is 2.12. The standard InChI is InChI=1S/C15H18BrN3/c16-13-1-2-15-14(3-13)12(6-18-15)9-19-7-10-4-17-5-11(10)8-19/h1-3,6,10-11,17-18H,4-5,7-9H2. The first-order valence-corrected chi connectivity index (χ1v) is 7.77. The van der Waals surface area contributed by atoms with Crippen LogP contribution in [0.1, 0.15) is 5.56 Å². The summed E-state index contributed by atoms with van der Waals surface area (Å²) in [5.41, 5.74) is 2.66. The zero-order chi connectivity index (χ0) is 12.8. The molecule has 4 heteroatoms. The van der Waals surface area contributed by atoms with Gasteiger partial charge in [0.05, 0.1) is 0 Å². The Labute approximate surface area is 121 Å². The van der Waals surface area contributed by atoms with E-state index in [1.54, 1.807) is 0 Å². The number of halogens is 1. The van der Waals surface area contributed by atoms with Crippen molar-refractivity contribution < 1.29 is 0 Å². The van der Waals surface area contributed by atoms with Crippen LogP contribution >= 0.6 is 15.9 Å². The molecule has 0 spiro atoms. The summed E-state index contributed by atoms with van der Waals surface area (Å²) in [5, 5.41) is 4.85. The minimum Gasteiger partial charge on any atom is -0.361 e. The number of hydrogen-bond acceptors (Lipinski definition) is 2. The van der Waals surface area contributed by atoms with Gasteiger partial charge in [0.2, 0.25) is 0 Å². The molecule has 2 aliphatic rings. The molecule has 0 aliphatic carbocycles. The topological polar surface area (TPSA) is 31.1 Å². The Hall–Kier alpha value is -0.840. The van der Waals surface area contributed by atoms with Gasteiger partial charge >= 0.3 is 0 Å². The lowest BCUT2D eigenvalue weighted by Crippen LogP contribution is -2.25. The van der Waals surface area contributed by atoms with E-state index in [1.807, 2.05) is 0 Å². The Morgan fingerprint density at radius 3 is 2.79 bits per heavy atom. The smallest absolute Gasteiger partial charge is 0.0458 e. The molecule has 1 aromatic heterocycles. The molecule has 2 unspecified atom stereocenters. The summed E-state index contributed by atoms with van der Waals surface area (Å²) in [7, 11) is 0. The first-order valence-electron chi connectivity index (χ1n) is 6.98. The molecule has 4 rings (SSSR count). The fraction of sp³-hybridized carbons (Fsp3) is 0.467. The molecule has 19 heavy (non-hydrogen) atoms. The van der Waals surface area contributed by atoms with Crippen molar-refractivity contribution in [2.75, 3.05) is 26.2 Å². The van der Waals surface area contributed by atoms with E-state index in [9.17, 15) is 0 Å². The predicted octanol–water partition coefficient (Wildman–Crippen LogP) is 2.58. The predicted molar refractivity (Wildman–Crippen MR) is 81.1 cm³/mol. The highest BCUT2D eigenvalue weighted by molar-refractivity contribution is 9.10. The van der Waals surface area contributed by atoms with Crippen LogP contribution in [0.3, 0.4) is 0 Å². The van der Waals surface area contributed by atoms with Crippen molar-refractivity contribution in [3.63, 3.8) is 0 Å². The van der Waals surface area contributed by atoms with Gasteiger partial charge in [-0.25, -0.2) is 0 Å². The quantitative estimate of drug-likeness (QED) is 0.891. The number of aromatic nitrogens is 1. The molecule has 3 heterocycles. The van der Waals surface area contributed by atoms with Crippen LogP contribution < -0.4 is 5.32 Å². The number of fused-ring (bicyclic) bond motifs is 2. The third-order valence-electron chi connectivity index (χ3n) is 4.59. The Bertz CT molecular complexity index is 594. The number of nitrogens with one attached hydrogen (secondary N) is 2. The highest BCUT2D eigenvalue weighted by Gasteiger charge is 2.35. The van der Waals surface area contributed by atoms with Gasteiger partial charge in [-0.05, 0) is 48.7 Å². The lowest BCUT2D eigenvalue weighted by atomic mass is 10.0. The molecular weight excluding hydrogens is 302 g/mol. The molecule has 2 N–H and O–H groups in total. The summed E-state index contributed by atoms with van der Waals surface area (Å²) in [6.07, 6.45) is 2.17. The minimum absolute atomic E-state index is 0.872. The first-order chi connectivity index (χ1) is 9.29. The van der Waals surface area contributed by atoms with Crippen LogP contribution in [0, 0.1) is 11.8 Å². The maximum Gasteiger partial charge on any atom is 0.0458 e. The average molecular weight is 320 g/mol. The van der Waals surface area contributed by atoms with Crippen LogP contribution in [0.2, 0.25) is 0 Å². The highest BCUT2D eigenvalue weighted by Crippen LogP contribution is 2.29. The largest absolute Gasteiger partial charge is 0.361 e. The van der Waals surface area contributed by atoms with Gasteiger partial charge in [-0.15, -0.1) is 0 Å². The number of hydrogen-bond donors (Lipinski definition) is 2. The fourth-order valence-corrected chi connectivity index (χ4v) is 3.97. The van der Waals surface area contributed by atoms with E-state index in [-0.39, 0.29) is 0 Å². The lowest BCUT2D eigenvalue weighted by Gasteiger charge is -2.16. The van der Waals surface area contributed by atoms with Crippen molar-refractivity contribution in [1.82, 2.24) is 15.2 Å². The number of nitrogens with zero attached hydrogens (tertiary/aromatic N) is 1. The Morgan fingerprint density at radius 2 is 2.00 bits per heavy atom. The molecule has 2 aliphatic heterocycles. The monoisotopic (exact) mass is 319 g/mol. The van der Waals surface area contributed by atoms with Gasteiger partial charge in [0.25, 0.3) is 0 Å². The van der Waals surface area contributed by atoms with E-state index in [1.165, 1.54) is 42.6 Å². The van der Waals surface area contributed by atoms with Gasteiger partial charge in [0.1, 0.15) is 0 Å². The molecule has 0 saturated carbocycles. The second kappa shape index (κ2) is 4.62. The normalized spacial score (nSPS) is 27.2. The van der Waals surface area contributed by atoms with E-state index >= 15 is 0 Å². The Morgan fingerprint density at radius 1 is 1.21 bits per heavy atom. The number of aromatic amines is 1. The van der Waals surface area contributed by atoms with Gasteiger partial charge in [0, 0.05) is 41.2 Å². The summed E-state index contributed by atoms with van der Waals surface area (Å²) in [5.74, 6) is 1.74.